The summed E-state index contributed by atoms with van der Waals surface area (Å²) >= 11 is 0. The maximum Gasteiger partial charge on any atom is 0.137 e. The summed E-state index contributed by atoms with van der Waals surface area (Å²) in [6.45, 7) is 0.470. The first kappa shape index (κ1) is 15.3. The van der Waals surface area contributed by atoms with E-state index in [4.69, 9.17) is 18.6 Å². The largest absolute Gasteiger partial charge is 0.497 e. The van der Waals surface area contributed by atoms with Gasteiger partial charge in [0.2, 0.25) is 0 Å². The van der Waals surface area contributed by atoms with Gasteiger partial charge in [0.25, 0.3) is 0 Å². The van der Waals surface area contributed by atoms with Crippen LogP contribution in [0.3, 0.4) is 0 Å². The molecule has 4 nitrogen and oxygen atoms in total. The van der Waals surface area contributed by atoms with Crippen LogP contribution in [0.2, 0.25) is 0 Å². The van der Waals surface area contributed by atoms with Crippen molar-refractivity contribution in [2.24, 2.45) is 4.99 Å². The topological polar surface area (TPSA) is 47.9 Å². The predicted molar refractivity (Wildman–Crippen MR) is 96.2 cm³/mol. The number of methoxy groups -OCH3 is 1. The molecule has 2 aromatic heterocycles. The molecule has 0 saturated heterocycles. The fraction of sp³-hybridized carbons (Fsp3) is 0.0952. The molecule has 0 aliphatic carbocycles. The summed E-state index contributed by atoms with van der Waals surface area (Å²) in [6.07, 6.45) is 1.65. The van der Waals surface area contributed by atoms with Crippen LogP contribution in [-0.4, -0.2) is 7.11 Å². The molecule has 4 heteroatoms. The summed E-state index contributed by atoms with van der Waals surface area (Å²) in [5.74, 6) is 2.36. The van der Waals surface area contributed by atoms with Crippen LogP contribution < -0.4 is 10.1 Å². The van der Waals surface area contributed by atoms with Crippen molar-refractivity contribution in [3.63, 3.8) is 0 Å². The van der Waals surface area contributed by atoms with Crippen LogP contribution in [0.1, 0.15) is 5.76 Å². The molecule has 124 valence electrons. The van der Waals surface area contributed by atoms with Gasteiger partial charge in [-0.05, 0) is 30.3 Å². The highest BCUT2D eigenvalue weighted by Crippen LogP contribution is 2.24. The van der Waals surface area contributed by atoms with E-state index in [1.807, 2.05) is 66.7 Å². The third-order valence-electron chi connectivity index (χ3n) is 3.99. The summed E-state index contributed by atoms with van der Waals surface area (Å²) < 4.78 is 16.8. The first-order valence-corrected chi connectivity index (χ1v) is 8.04. The number of ether oxygens (including phenoxy) is 1. The highest BCUT2D eigenvalue weighted by molar-refractivity contribution is 5.80. The van der Waals surface area contributed by atoms with Gasteiger partial charge >= 0.3 is 0 Å². The lowest BCUT2D eigenvalue weighted by molar-refractivity contribution is 0.415. The van der Waals surface area contributed by atoms with Gasteiger partial charge in [-0.15, -0.1) is 0 Å². The van der Waals surface area contributed by atoms with Crippen LogP contribution >= 0.6 is 0 Å². The van der Waals surface area contributed by atoms with Crippen LogP contribution in [0, 0.1) is 0 Å². The Morgan fingerprint density at radius 1 is 0.960 bits per heavy atom. The summed E-state index contributed by atoms with van der Waals surface area (Å²) in [6, 6.07) is 21.5. The molecule has 0 atom stereocenters. The molecule has 0 N–H and O–H groups in total. The van der Waals surface area contributed by atoms with E-state index in [1.54, 1.807) is 13.4 Å². The van der Waals surface area contributed by atoms with Crippen LogP contribution in [0.4, 0.5) is 0 Å². The smallest absolute Gasteiger partial charge is 0.137 e. The fourth-order valence-corrected chi connectivity index (χ4v) is 2.72. The number of rotatable bonds is 4. The standard InChI is InChI=1S/C21H17NO3/c1-23-16-9-10-20-18(12-16)19(22-14-17-8-5-11-24-17)13-21(25-20)15-6-3-2-4-7-15/h2-13H,14H2,1H3. The van der Waals surface area contributed by atoms with Crippen molar-refractivity contribution in [3.05, 3.63) is 84.1 Å². The number of hydrogen-bond donors (Lipinski definition) is 0. The lowest BCUT2D eigenvalue weighted by atomic mass is 10.1. The normalized spacial score (nSPS) is 11.8. The van der Waals surface area contributed by atoms with Gasteiger partial charge < -0.3 is 13.6 Å². The molecule has 4 aromatic rings. The number of hydrogen-bond acceptors (Lipinski definition) is 4. The summed E-state index contributed by atoms with van der Waals surface area (Å²) in [5.41, 5.74) is 1.77. The summed E-state index contributed by atoms with van der Waals surface area (Å²) in [4.78, 5) is 4.73. The molecular formula is C21H17NO3. The van der Waals surface area contributed by atoms with Crippen LogP contribution in [-0.2, 0) is 6.54 Å². The van der Waals surface area contributed by atoms with Crippen LogP contribution in [0.5, 0.6) is 5.75 Å². The predicted octanol–water partition coefficient (Wildman–Crippen LogP) is 4.80. The second kappa shape index (κ2) is 6.69. The maximum atomic E-state index is 6.09. The minimum absolute atomic E-state index is 0.470. The molecule has 0 amide bonds. The first-order valence-electron chi connectivity index (χ1n) is 8.04. The van der Waals surface area contributed by atoms with E-state index >= 15 is 0 Å². The number of furan rings is 1. The third-order valence-corrected chi connectivity index (χ3v) is 3.99. The van der Waals surface area contributed by atoms with Gasteiger partial charge in [0, 0.05) is 17.0 Å². The van der Waals surface area contributed by atoms with Gasteiger partial charge in [-0.2, -0.15) is 0 Å². The van der Waals surface area contributed by atoms with E-state index in [2.05, 4.69) is 0 Å². The fourth-order valence-electron chi connectivity index (χ4n) is 2.72. The molecule has 25 heavy (non-hydrogen) atoms. The van der Waals surface area contributed by atoms with Crippen LogP contribution in [0.15, 0.2) is 86.8 Å². The van der Waals surface area contributed by atoms with Crippen molar-refractivity contribution in [2.45, 2.75) is 6.54 Å². The zero-order chi connectivity index (χ0) is 17.1. The molecule has 0 aliphatic rings. The Balaban J connectivity index is 1.91. The van der Waals surface area contributed by atoms with Gasteiger partial charge in [-0.3, -0.25) is 4.99 Å². The van der Waals surface area contributed by atoms with Gasteiger partial charge in [0.05, 0.1) is 25.3 Å². The van der Waals surface area contributed by atoms with Crippen molar-refractivity contribution >= 4 is 11.0 Å². The summed E-state index contributed by atoms with van der Waals surface area (Å²) in [7, 11) is 1.65. The zero-order valence-corrected chi connectivity index (χ0v) is 13.8. The Bertz CT molecular complexity index is 1050. The molecule has 0 spiro atoms. The average Bonchev–Trinajstić information content (AvgIpc) is 3.20. The van der Waals surface area contributed by atoms with Gasteiger partial charge in [-0.1, -0.05) is 30.3 Å². The lowest BCUT2D eigenvalue weighted by Crippen LogP contribution is -2.05. The lowest BCUT2D eigenvalue weighted by Gasteiger charge is -2.06. The summed E-state index contributed by atoms with van der Waals surface area (Å²) in [5, 5.41) is 1.75. The average molecular weight is 331 g/mol. The van der Waals surface area contributed by atoms with E-state index in [0.29, 0.717) is 6.54 Å². The van der Waals surface area contributed by atoms with Crippen molar-refractivity contribution in [2.75, 3.05) is 7.11 Å². The number of fused-ring (bicyclic) bond motifs is 1. The number of nitrogens with zero attached hydrogens (tertiary/aromatic N) is 1. The maximum absolute atomic E-state index is 6.09. The van der Waals surface area contributed by atoms with Gasteiger partial charge in [0.1, 0.15) is 22.9 Å². The van der Waals surface area contributed by atoms with E-state index in [9.17, 15) is 0 Å². The van der Waals surface area contributed by atoms with Gasteiger partial charge in [0.15, 0.2) is 0 Å². The molecule has 0 unspecified atom stereocenters. The van der Waals surface area contributed by atoms with Crippen molar-refractivity contribution in [3.8, 4) is 17.1 Å². The molecule has 0 bridgehead atoms. The van der Waals surface area contributed by atoms with Crippen molar-refractivity contribution in [1.29, 1.82) is 0 Å². The minimum Gasteiger partial charge on any atom is -0.497 e. The molecule has 0 radical (unpaired) electrons. The molecule has 0 aliphatic heterocycles. The van der Waals surface area contributed by atoms with Crippen molar-refractivity contribution < 1.29 is 13.6 Å². The minimum atomic E-state index is 0.470. The molecule has 2 heterocycles. The van der Waals surface area contributed by atoms with E-state index in [0.717, 1.165) is 39.2 Å². The Hall–Kier alpha value is -3.27. The van der Waals surface area contributed by atoms with E-state index in [-0.39, 0.29) is 0 Å². The van der Waals surface area contributed by atoms with E-state index < -0.39 is 0 Å². The second-order valence-electron chi connectivity index (χ2n) is 5.62. The zero-order valence-electron chi connectivity index (χ0n) is 13.8. The highest BCUT2D eigenvalue weighted by atomic mass is 16.5. The van der Waals surface area contributed by atoms with Crippen molar-refractivity contribution in [1.82, 2.24) is 0 Å². The Kier molecular flexibility index (Phi) is 4.09. The van der Waals surface area contributed by atoms with Crippen LogP contribution in [0.25, 0.3) is 22.3 Å². The Morgan fingerprint density at radius 3 is 2.60 bits per heavy atom. The molecule has 4 rings (SSSR count). The quantitative estimate of drug-likeness (QED) is 0.539. The number of benzene rings is 2. The third kappa shape index (κ3) is 3.19. The first-order chi connectivity index (χ1) is 12.3. The Labute approximate surface area is 145 Å². The van der Waals surface area contributed by atoms with E-state index in [1.165, 1.54) is 0 Å². The second-order valence-corrected chi connectivity index (χ2v) is 5.62. The monoisotopic (exact) mass is 331 g/mol. The molecule has 0 saturated carbocycles. The molecule has 0 fully saturated rings. The SMILES string of the molecule is COc1ccc2oc(-c3ccccc3)cc(=NCc3ccco3)c2c1. The van der Waals surface area contributed by atoms with Gasteiger partial charge in [-0.25, -0.2) is 0 Å². The highest BCUT2D eigenvalue weighted by Gasteiger charge is 2.07. The molecule has 2 aromatic carbocycles. The Morgan fingerprint density at radius 2 is 1.84 bits per heavy atom. The molecular weight excluding hydrogens is 314 g/mol.